The van der Waals surface area contributed by atoms with Crippen LogP contribution in [0.25, 0.3) is 10.9 Å². The van der Waals surface area contributed by atoms with Crippen molar-refractivity contribution in [3.63, 3.8) is 0 Å². The summed E-state index contributed by atoms with van der Waals surface area (Å²) in [5.41, 5.74) is 3.86. The van der Waals surface area contributed by atoms with E-state index in [1.165, 1.54) is 0 Å². The fraction of sp³-hybridized carbons (Fsp3) is 0.308. The molecule has 2 aromatic rings. The highest BCUT2D eigenvalue weighted by atomic mass is 35.5. The number of nitrogens with one attached hydrogen (secondary N) is 1. The van der Waals surface area contributed by atoms with Crippen LogP contribution in [0.1, 0.15) is 11.3 Å². The number of hydrogen-bond donors (Lipinski definition) is 1. The van der Waals surface area contributed by atoms with Crippen LogP contribution in [0.15, 0.2) is 12.1 Å². The first-order chi connectivity index (χ1) is 8.72. The van der Waals surface area contributed by atoms with Gasteiger partial charge in [-0.15, -0.1) is 0 Å². The number of halogens is 2. The number of pyridine rings is 1. The third-order valence-electron chi connectivity index (χ3n) is 3.20. The van der Waals surface area contributed by atoms with Crippen LogP contribution in [0.3, 0.4) is 0 Å². The molecular formula is C13H12Cl2N2O. The van der Waals surface area contributed by atoms with E-state index in [9.17, 15) is 0 Å². The molecule has 3 rings (SSSR count). The predicted molar refractivity (Wildman–Crippen MR) is 74.7 cm³/mol. The molecule has 0 bridgehead atoms. The van der Waals surface area contributed by atoms with Crippen molar-refractivity contribution < 1.29 is 4.74 Å². The summed E-state index contributed by atoms with van der Waals surface area (Å²) in [6, 6.07) is 3.58. The molecule has 1 aliphatic rings. The summed E-state index contributed by atoms with van der Waals surface area (Å²) in [6.45, 7) is 1.27. The maximum absolute atomic E-state index is 6.28. The molecular weight excluding hydrogens is 271 g/mol. The van der Waals surface area contributed by atoms with Crippen LogP contribution < -0.4 is 5.32 Å². The first-order valence-corrected chi connectivity index (χ1v) is 6.53. The van der Waals surface area contributed by atoms with Crippen LogP contribution in [-0.4, -0.2) is 18.6 Å². The zero-order valence-corrected chi connectivity index (χ0v) is 11.4. The van der Waals surface area contributed by atoms with Gasteiger partial charge in [-0.25, -0.2) is 0 Å². The molecule has 1 aromatic heterocycles. The molecule has 94 valence electrons. The van der Waals surface area contributed by atoms with Gasteiger partial charge in [0.15, 0.2) is 0 Å². The monoisotopic (exact) mass is 282 g/mol. The molecule has 0 atom stereocenters. The summed E-state index contributed by atoms with van der Waals surface area (Å²) in [7, 11) is 1.88. The number of ether oxygens (including phenoxy) is 1. The van der Waals surface area contributed by atoms with E-state index in [-0.39, 0.29) is 0 Å². The quantitative estimate of drug-likeness (QED) is 0.867. The summed E-state index contributed by atoms with van der Waals surface area (Å²) in [5.74, 6) is 0. The molecule has 0 saturated carbocycles. The summed E-state index contributed by atoms with van der Waals surface area (Å²) < 4.78 is 5.50. The van der Waals surface area contributed by atoms with E-state index in [0.29, 0.717) is 23.3 Å². The molecule has 0 unspecified atom stereocenters. The Balaban J connectivity index is 2.44. The van der Waals surface area contributed by atoms with Crippen LogP contribution in [0.2, 0.25) is 10.0 Å². The van der Waals surface area contributed by atoms with Crippen LogP contribution >= 0.6 is 23.2 Å². The Morgan fingerprint density at radius 2 is 2.06 bits per heavy atom. The van der Waals surface area contributed by atoms with Gasteiger partial charge in [-0.2, -0.15) is 0 Å². The number of fused-ring (bicyclic) bond motifs is 2. The van der Waals surface area contributed by atoms with Crippen molar-refractivity contribution in [3.8, 4) is 0 Å². The van der Waals surface area contributed by atoms with Crippen molar-refractivity contribution in [1.82, 2.24) is 4.98 Å². The molecule has 5 heteroatoms. The molecule has 0 spiro atoms. The van der Waals surface area contributed by atoms with Crippen molar-refractivity contribution in [1.29, 1.82) is 0 Å². The van der Waals surface area contributed by atoms with Gasteiger partial charge >= 0.3 is 0 Å². The van der Waals surface area contributed by atoms with Gasteiger partial charge < -0.3 is 10.1 Å². The first-order valence-electron chi connectivity index (χ1n) is 5.77. The maximum atomic E-state index is 6.28. The third kappa shape index (κ3) is 1.74. The number of benzene rings is 1. The highest BCUT2D eigenvalue weighted by molar-refractivity contribution is 6.41. The fourth-order valence-electron chi connectivity index (χ4n) is 2.37. The lowest BCUT2D eigenvalue weighted by Crippen LogP contribution is -2.14. The lowest BCUT2D eigenvalue weighted by Gasteiger charge is -2.21. The van der Waals surface area contributed by atoms with Gasteiger partial charge in [0.1, 0.15) is 0 Å². The molecule has 1 aromatic carbocycles. The van der Waals surface area contributed by atoms with E-state index < -0.39 is 0 Å². The lowest BCUT2D eigenvalue weighted by molar-refractivity contribution is 0.110. The minimum absolute atomic E-state index is 0.567. The van der Waals surface area contributed by atoms with Crippen molar-refractivity contribution >= 4 is 39.8 Å². The second-order valence-corrected chi connectivity index (χ2v) is 5.03. The average molecular weight is 283 g/mol. The number of rotatable bonds is 1. The number of nitrogens with zero attached hydrogens (tertiary/aromatic N) is 1. The second kappa shape index (κ2) is 4.57. The second-order valence-electron chi connectivity index (χ2n) is 4.22. The molecule has 0 fully saturated rings. The molecule has 0 aliphatic carbocycles. The molecule has 0 amide bonds. The summed E-state index contributed by atoms with van der Waals surface area (Å²) >= 11 is 12.5. The van der Waals surface area contributed by atoms with Crippen LogP contribution in [0.5, 0.6) is 0 Å². The average Bonchev–Trinajstić information content (AvgIpc) is 2.41. The Kier molecular flexibility index (Phi) is 3.06. The van der Waals surface area contributed by atoms with Gasteiger partial charge in [0.25, 0.3) is 0 Å². The third-order valence-corrected chi connectivity index (χ3v) is 3.82. The van der Waals surface area contributed by atoms with E-state index in [2.05, 4.69) is 10.3 Å². The van der Waals surface area contributed by atoms with E-state index in [1.54, 1.807) is 12.1 Å². The van der Waals surface area contributed by atoms with Gasteiger partial charge in [-0.3, -0.25) is 4.98 Å². The molecule has 0 saturated heterocycles. The first kappa shape index (κ1) is 12.0. The highest BCUT2D eigenvalue weighted by Crippen LogP contribution is 2.38. The topological polar surface area (TPSA) is 34.2 Å². The Morgan fingerprint density at radius 1 is 1.28 bits per heavy atom. The highest BCUT2D eigenvalue weighted by Gasteiger charge is 2.20. The Labute approximate surface area is 115 Å². The van der Waals surface area contributed by atoms with E-state index in [4.69, 9.17) is 27.9 Å². The van der Waals surface area contributed by atoms with Crippen molar-refractivity contribution in [2.75, 3.05) is 19.0 Å². The molecule has 1 aliphatic heterocycles. The minimum atomic E-state index is 0.567. The van der Waals surface area contributed by atoms with E-state index in [0.717, 1.165) is 34.3 Å². The zero-order chi connectivity index (χ0) is 12.7. The van der Waals surface area contributed by atoms with Gasteiger partial charge in [0, 0.05) is 24.4 Å². The SMILES string of the molecule is CNc1c2c(nc3c(Cl)ccc(Cl)c13)CCOC2. The van der Waals surface area contributed by atoms with E-state index in [1.807, 2.05) is 7.05 Å². The Hall–Kier alpha value is -1.03. The number of hydrogen-bond acceptors (Lipinski definition) is 3. The number of anilines is 1. The lowest BCUT2D eigenvalue weighted by atomic mass is 10.0. The van der Waals surface area contributed by atoms with E-state index >= 15 is 0 Å². The maximum Gasteiger partial charge on any atom is 0.0927 e. The molecule has 18 heavy (non-hydrogen) atoms. The fourth-order valence-corrected chi connectivity index (χ4v) is 2.81. The standard InChI is InChI=1S/C13H12Cl2N2O/c1-16-12-7-6-18-5-4-10(7)17-13-9(15)3-2-8(14)11(12)13/h2-3H,4-6H2,1H3,(H,16,17). The van der Waals surface area contributed by atoms with Gasteiger partial charge in [-0.1, -0.05) is 23.2 Å². The molecule has 3 nitrogen and oxygen atoms in total. The van der Waals surface area contributed by atoms with Gasteiger partial charge in [0.05, 0.1) is 40.2 Å². The molecule has 0 radical (unpaired) electrons. The smallest absolute Gasteiger partial charge is 0.0927 e. The van der Waals surface area contributed by atoms with Gasteiger partial charge in [-0.05, 0) is 12.1 Å². The minimum Gasteiger partial charge on any atom is -0.387 e. The largest absolute Gasteiger partial charge is 0.387 e. The van der Waals surface area contributed by atoms with Crippen molar-refractivity contribution in [2.24, 2.45) is 0 Å². The summed E-state index contributed by atoms with van der Waals surface area (Å²) in [4.78, 5) is 4.65. The Bertz CT molecular complexity index is 628. The number of aromatic nitrogens is 1. The summed E-state index contributed by atoms with van der Waals surface area (Å²) in [6.07, 6.45) is 0.808. The predicted octanol–water partition coefficient (Wildman–Crippen LogP) is 3.66. The Morgan fingerprint density at radius 3 is 2.83 bits per heavy atom. The summed E-state index contributed by atoms with van der Waals surface area (Å²) in [5, 5.41) is 5.35. The van der Waals surface area contributed by atoms with Crippen molar-refractivity contribution in [3.05, 3.63) is 33.4 Å². The van der Waals surface area contributed by atoms with Crippen LogP contribution in [0.4, 0.5) is 5.69 Å². The van der Waals surface area contributed by atoms with Crippen molar-refractivity contribution in [2.45, 2.75) is 13.0 Å². The normalized spacial score (nSPS) is 14.6. The van der Waals surface area contributed by atoms with Crippen LogP contribution in [-0.2, 0) is 17.8 Å². The van der Waals surface area contributed by atoms with Crippen LogP contribution in [0, 0.1) is 0 Å². The molecule has 2 heterocycles. The zero-order valence-electron chi connectivity index (χ0n) is 9.89. The van der Waals surface area contributed by atoms with Gasteiger partial charge in [0.2, 0.25) is 0 Å². The molecule has 1 N–H and O–H groups in total.